The first-order valence-electron chi connectivity index (χ1n) is 4.43. The molecule has 0 amide bonds. The first kappa shape index (κ1) is 10.1. The smallest absolute Gasteiger partial charge is 0.0995 e. The minimum Gasteiger partial charge on any atom is -0.384 e. The fourth-order valence-corrected chi connectivity index (χ4v) is 1.25. The van der Waals surface area contributed by atoms with Crippen LogP contribution in [0, 0.1) is 0 Å². The van der Waals surface area contributed by atoms with Gasteiger partial charge in [-0.05, 0) is 6.92 Å². The van der Waals surface area contributed by atoms with Crippen molar-refractivity contribution in [2.75, 3.05) is 13.7 Å². The van der Waals surface area contributed by atoms with E-state index in [4.69, 9.17) is 10.5 Å². The van der Waals surface area contributed by atoms with E-state index in [1.165, 1.54) is 0 Å². The van der Waals surface area contributed by atoms with Crippen molar-refractivity contribution in [3.8, 4) is 0 Å². The van der Waals surface area contributed by atoms with Crippen LogP contribution in [0.1, 0.15) is 18.3 Å². The van der Waals surface area contributed by atoms with Crippen molar-refractivity contribution in [3.05, 3.63) is 11.4 Å². The highest BCUT2D eigenvalue weighted by atomic mass is 16.5. The SMILES string of the molecule is CCn1nnc(CN)c1CCOC. The second-order valence-corrected chi connectivity index (χ2v) is 2.75. The lowest BCUT2D eigenvalue weighted by atomic mass is 10.2. The van der Waals surface area contributed by atoms with E-state index in [0.717, 1.165) is 24.4 Å². The summed E-state index contributed by atoms with van der Waals surface area (Å²) in [4.78, 5) is 0. The Morgan fingerprint density at radius 1 is 1.54 bits per heavy atom. The Labute approximate surface area is 77.9 Å². The Kier molecular flexibility index (Phi) is 3.85. The summed E-state index contributed by atoms with van der Waals surface area (Å²) in [5.41, 5.74) is 7.50. The van der Waals surface area contributed by atoms with Crippen LogP contribution in [0.5, 0.6) is 0 Å². The van der Waals surface area contributed by atoms with Crippen molar-refractivity contribution in [1.29, 1.82) is 0 Å². The van der Waals surface area contributed by atoms with Gasteiger partial charge in [-0.2, -0.15) is 0 Å². The van der Waals surface area contributed by atoms with Gasteiger partial charge in [0.1, 0.15) is 0 Å². The molecule has 0 aromatic carbocycles. The maximum atomic E-state index is 5.53. The lowest BCUT2D eigenvalue weighted by Crippen LogP contribution is -2.09. The van der Waals surface area contributed by atoms with E-state index in [-0.39, 0.29) is 0 Å². The Morgan fingerprint density at radius 2 is 2.31 bits per heavy atom. The maximum absolute atomic E-state index is 5.53. The fourth-order valence-electron chi connectivity index (χ4n) is 1.25. The molecular formula is C8H16N4O. The Bertz CT molecular complexity index is 237. The van der Waals surface area contributed by atoms with Crippen LogP contribution >= 0.6 is 0 Å². The average molecular weight is 184 g/mol. The number of aromatic nitrogens is 3. The predicted octanol–water partition coefficient (Wildman–Crippen LogP) is -0.0544. The number of nitrogens with zero attached hydrogens (tertiary/aromatic N) is 3. The molecule has 1 heterocycles. The summed E-state index contributed by atoms with van der Waals surface area (Å²) in [5.74, 6) is 0. The van der Waals surface area contributed by atoms with Crippen LogP contribution in [0.15, 0.2) is 0 Å². The van der Waals surface area contributed by atoms with Gasteiger partial charge in [0.25, 0.3) is 0 Å². The molecule has 13 heavy (non-hydrogen) atoms. The first-order chi connectivity index (χ1) is 6.33. The highest BCUT2D eigenvalue weighted by Gasteiger charge is 2.09. The fraction of sp³-hybridized carbons (Fsp3) is 0.750. The molecule has 0 aliphatic heterocycles. The minimum atomic E-state index is 0.443. The van der Waals surface area contributed by atoms with E-state index < -0.39 is 0 Å². The molecule has 1 aromatic heterocycles. The number of methoxy groups -OCH3 is 1. The van der Waals surface area contributed by atoms with Crippen molar-refractivity contribution in [2.24, 2.45) is 5.73 Å². The molecule has 74 valence electrons. The van der Waals surface area contributed by atoms with E-state index >= 15 is 0 Å². The van der Waals surface area contributed by atoms with Crippen molar-refractivity contribution < 1.29 is 4.74 Å². The zero-order valence-corrected chi connectivity index (χ0v) is 8.16. The molecule has 0 aliphatic carbocycles. The second-order valence-electron chi connectivity index (χ2n) is 2.75. The molecule has 5 heteroatoms. The Morgan fingerprint density at radius 3 is 2.85 bits per heavy atom. The summed E-state index contributed by atoms with van der Waals surface area (Å²) in [6, 6.07) is 0. The summed E-state index contributed by atoms with van der Waals surface area (Å²) < 4.78 is 6.87. The van der Waals surface area contributed by atoms with E-state index in [2.05, 4.69) is 10.3 Å². The van der Waals surface area contributed by atoms with Gasteiger partial charge < -0.3 is 10.5 Å². The minimum absolute atomic E-state index is 0.443. The Balaban J connectivity index is 2.78. The lowest BCUT2D eigenvalue weighted by molar-refractivity contribution is 0.200. The van der Waals surface area contributed by atoms with Crippen LogP contribution in [0.3, 0.4) is 0 Å². The quantitative estimate of drug-likeness (QED) is 0.696. The molecule has 0 unspecified atom stereocenters. The number of ether oxygens (including phenoxy) is 1. The van der Waals surface area contributed by atoms with Gasteiger partial charge in [0.2, 0.25) is 0 Å². The largest absolute Gasteiger partial charge is 0.384 e. The topological polar surface area (TPSA) is 66.0 Å². The van der Waals surface area contributed by atoms with Gasteiger partial charge in [-0.15, -0.1) is 5.10 Å². The maximum Gasteiger partial charge on any atom is 0.0995 e. The highest BCUT2D eigenvalue weighted by Crippen LogP contribution is 2.05. The summed E-state index contributed by atoms with van der Waals surface area (Å²) in [6.45, 7) is 3.98. The number of rotatable bonds is 5. The van der Waals surface area contributed by atoms with E-state index in [1.807, 2.05) is 11.6 Å². The van der Waals surface area contributed by atoms with Crippen molar-refractivity contribution in [3.63, 3.8) is 0 Å². The molecule has 0 fully saturated rings. The van der Waals surface area contributed by atoms with Crippen LogP contribution < -0.4 is 5.73 Å². The lowest BCUT2D eigenvalue weighted by Gasteiger charge is -2.03. The molecule has 0 saturated carbocycles. The monoisotopic (exact) mass is 184 g/mol. The van der Waals surface area contributed by atoms with E-state index in [9.17, 15) is 0 Å². The molecule has 0 aliphatic rings. The molecule has 0 bridgehead atoms. The van der Waals surface area contributed by atoms with Gasteiger partial charge in [0.05, 0.1) is 18.0 Å². The van der Waals surface area contributed by atoms with Gasteiger partial charge >= 0.3 is 0 Å². The highest BCUT2D eigenvalue weighted by molar-refractivity contribution is 5.09. The van der Waals surface area contributed by atoms with Crippen molar-refractivity contribution >= 4 is 0 Å². The van der Waals surface area contributed by atoms with Gasteiger partial charge in [0.15, 0.2) is 0 Å². The summed E-state index contributed by atoms with van der Waals surface area (Å²) in [6.07, 6.45) is 0.823. The van der Waals surface area contributed by atoms with Crippen LogP contribution in [-0.4, -0.2) is 28.7 Å². The third-order valence-corrected chi connectivity index (χ3v) is 1.95. The number of hydrogen-bond acceptors (Lipinski definition) is 4. The molecular weight excluding hydrogens is 168 g/mol. The Hall–Kier alpha value is -0.940. The van der Waals surface area contributed by atoms with Crippen LogP contribution in [0.2, 0.25) is 0 Å². The second kappa shape index (κ2) is 4.94. The molecule has 0 atom stereocenters. The number of nitrogens with two attached hydrogens (primary N) is 1. The van der Waals surface area contributed by atoms with E-state index in [1.54, 1.807) is 7.11 Å². The third-order valence-electron chi connectivity index (χ3n) is 1.95. The molecule has 0 radical (unpaired) electrons. The molecule has 0 spiro atoms. The van der Waals surface area contributed by atoms with Gasteiger partial charge in [-0.3, -0.25) is 0 Å². The third kappa shape index (κ3) is 2.26. The molecule has 1 rings (SSSR count). The van der Waals surface area contributed by atoms with Crippen LogP contribution in [0.4, 0.5) is 0 Å². The average Bonchev–Trinajstić information content (AvgIpc) is 2.56. The molecule has 0 saturated heterocycles. The standard InChI is InChI=1S/C8H16N4O/c1-3-12-8(4-5-13-2)7(6-9)10-11-12/h3-6,9H2,1-2H3. The van der Waals surface area contributed by atoms with Gasteiger partial charge in [-0.25, -0.2) is 4.68 Å². The summed E-state index contributed by atoms with van der Waals surface area (Å²) in [5, 5.41) is 7.98. The van der Waals surface area contributed by atoms with Crippen LogP contribution in [0.25, 0.3) is 0 Å². The first-order valence-corrected chi connectivity index (χ1v) is 4.43. The van der Waals surface area contributed by atoms with Crippen molar-refractivity contribution in [2.45, 2.75) is 26.4 Å². The molecule has 1 aromatic rings. The molecule has 2 N–H and O–H groups in total. The van der Waals surface area contributed by atoms with E-state index in [0.29, 0.717) is 13.2 Å². The van der Waals surface area contributed by atoms with Crippen molar-refractivity contribution in [1.82, 2.24) is 15.0 Å². The molecule has 5 nitrogen and oxygen atoms in total. The van der Waals surface area contributed by atoms with Crippen LogP contribution in [-0.2, 0) is 24.2 Å². The number of hydrogen-bond donors (Lipinski definition) is 1. The number of aryl methyl sites for hydroxylation is 1. The zero-order valence-electron chi connectivity index (χ0n) is 8.16. The van der Waals surface area contributed by atoms with Gasteiger partial charge in [0, 0.05) is 26.6 Å². The summed E-state index contributed by atoms with van der Waals surface area (Å²) >= 11 is 0. The predicted molar refractivity (Wildman–Crippen MR) is 49.2 cm³/mol. The summed E-state index contributed by atoms with van der Waals surface area (Å²) in [7, 11) is 1.68. The zero-order chi connectivity index (χ0) is 9.68. The normalized spacial score (nSPS) is 10.7. The van der Waals surface area contributed by atoms with Gasteiger partial charge in [-0.1, -0.05) is 5.21 Å².